The van der Waals surface area contributed by atoms with Crippen LogP contribution in [0.2, 0.25) is 0 Å². The molecule has 0 aliphatic rings. The van der Waals surface area contributed by atoms with Gasteiger partial charge in [0.25, 0.3) is 0 Å². The molecule has 0 bridgehead atoms. The van der Waals surface area contributed by atoms with Crippen LogP contribution in [0, 0.1) is 17.8 Å². The largest absolute Gasteiger partial charge is 0.394 e. The lowest BCUT2D eigenvalue weighted by Gasteiger charge is -2.15. The molecule has 3 atom stereocenters. The lowest BCUT2D eigenvalue weighted by Crippen LogP contribution is -2.24. The summed E-state index contributed by atoms with van der Waals surface area (Å²) in [5.74, 6) is 1.91. The van der Waals surface area contributed by atoms with E-state index >= 15 is 0 Å². The molecule has 0 aliphatic heterocycles. The standard InChI is InChI=1S/C22H46.C10H22O6.2C2H6/c1-5-6-7-8-9-10-11-12-13-14-15-16-17-18-19-20-22(4)21(2)3;1-8(4-15-6-9(13)2-11)5-16-7-10(14)3-12;2*1-2/h21-22H,5-20H2,1-4H3;8-14H,2-7H2,1H3;2*1-2H3/t22-;;;/m0.../s1. The Hall–Kier alpha value is -0.240. The first kappa shape index (κ1) is 48.7. The van der Waals surface area contributed by atoms with Crippen LogP contribution >= 0.6 is 0 Å². The van der Waals surface area contributed by atoms with Gasteiger partial charge in [-0.2, -0.15) is 0 Å². The van der Waals surface area contributed by atoms with Gasteiger partial charge < -0.3 is 29.9 Å². The Morgan fingerprint density at radius 1 is 0.476 bits per heavy atom. The molecule has 0 aliphatic carbocycles. The number of hydrogen-bond acceptors (Lipinski definition) is 6. The van der Waals surface area contributed by atoms with E-state index in [0.29, 0.717) is 13.2 Å². The molecule has 0 saturated carbocycles. The zero-order valence-electron chi connectivity index (χ0n) is 30.0. The Bertz CT molecular complexity index is 419. The van der Waals surface area contributed by atoms with Gasteiger partial charge in [-0.3, -0.25) is 0 Å². The Labute approximate surface area is 264 Å². The van der Waals surface area contributed by atoms with Gasteiger partial charge in [0.15, 0.2) is 0 Å². The van der Waals surface area contributed by atoms with E-state index in [1.807, 2.05) is 34.6 Å². The molecule has 6 heteroatoms. The van der Waals surface area contributed by atoms with Crippen LogP contribution in [0.3, 0.4) is 0 Å². The molecule has 0 aromatic heterocycles. The SMILES string of the molecule is CC.CC.CC(COCC(O)CO)COCC(O)CO.CCCCCCCCCCCCCCCCC[C@H](C)C(C)C. The second-order valence-corrected chi connectivity index (χ2v) is 11.8. The Balaban J connectivity index is -0.000000319. The monoisotopic (exact) mass is 609 g/mol. The van der Waals surface area contributed by atoms with Crippen molar-refractivity contribution in [2.45, 2.75) is 177 Å². The van der Waals surface area contributed by atoms with Crippen molar-refractivity contribution < 1.29 is 29.9 Å². The Kier molecular flexibility index (Phi) is 49.7. The molecule has 42 heavy (non-hydrogen) atoms. The molecular formula is C36H80O6. The number of aliphatic hydroxyl groups excluding tert-OH is 4. The quantitative estimate of drug-likeness (QED) is 0.0695. The normalized spacial score (nSPS) is 13.6. The van der Waals surface area contributed by atoms with Crippen molar-refractivity contribution in [1.82, 2.24) is 0 Å². The first-order chi connectivity index (χ1) is 20.3. The van der Waals surface area contributed by atoms with Gasteiger partial charge in [-0.1, -0.05) is 165 Å². The van der Waals surface area contributed by atoms with E-state index in [9.17, 15) is 0 Å². The van der Waals surface area contributed by atoms with Gasteiger partial charge in [-0.25, -0.2) is 0 Å². The van der Waals surface area contributed by atoms with Crippen LogP contribution in [0.4, 0.5) is 0 Å². The first-order valence-corrected chi connectivity index (χ1v) is 18.0. The predicted octanol–water partition coefficient (Wildman–Crippen LogP) is 8.95. The van der Waals surface area contributed by atoms with Gasteiger partial charge in [-0.15, -0.1) is 0 Å². The molecule has 2 unspecified atom stereocenters. The maximum absolute atomic E-state index is 8.98. The van der Waals surface area contributed by atoms with Crippen LogP contribution in [-0.2, 0) is 9.47 Å². The second kappa shape index (κ2) is 42.9. The Morgan fingerprint density at radius 3 is 1.07 bits per heavy atom. The minimum absolute atomic E-state index is 0.0973. The summed E-state index contributed by atoms with van der Waals surface area (Å²) in [6.45, 7) is 19.7. The van der Waals surface area contributed by atoms with Crippen LogP contribution in [0.5, 0.6) is 0 Å². The van der Waals surface area contributed by atoms with E-state index in [4.69, 9.17) is 29.9 Å². The van der Waals surface area contributed by atoms with Crippen molar-refractivity contribution in [3.8, 4) is 0 Å². The molecule has 0 aromatic rings. The van der Waals surface area contributed by atoms with Crippen molar-refractivity contribution in [1.29, 1.82) is 0 Å². The molecule has 0 heterocycles. The Morgan fingerprint density at radius 2 is 0.786 bits per heavy atom. The highest BCUT2D eigenvalue weighted by molar-refractivity contribution is 4.58. The first-order valence-electron chi connectivity index (χ1n) is 18.0. The van der Waals surface area contributed by atoms with E-state index in [-0.39, 0.29) is 32.3 Å². The molecule has 0 spiro atoms. The summed E-state index contributed by atoms with van der Waals surface area (Å²) in [6, 6.07) is 0. The molecular weight excluding hydrogens is 528 g/mol. The molecule has 0 rings (SSSR count). The highest BCUT2D eigenvalue weighted by Crippen LogP contribution is 2.19. The molecule has 0 saturated heterocycles. The second-order valence-electron chi connectivity index (χ2n) is 11.8. The third-order valence-corrected chi connectivity index (χ3v) is 7.25. The number of unbranched alkanes of at least 4 members (excludes halogenated alkanes) is 14. The minimum Gasteiger partial charge on any atom is -0.394 e. The maximum atomic E-state index is 8.98. The lowest BCUT2D eigenvalue weighted by atomic mass is 9.92. The minimum atomic E-state index is -0.843. The number of ether oxygens (including phenoxy) is 2. The molecule has 0 amide bonds. The molecule has 0 aromatic carbocycles. The van der Waals surface area contributed by atoms with Crippen LogP contribution in [0.15, 0.2) is 0 Å². The summed E-state index contributed by atoms with van der Waals surface area (Å²) in [6.07, 6.45) is 21.8. The van der Waals surface area contributed by atoms with Crippen LogP contribution in [0.1, 0.15) is 165 Å². The molecule has 4 N–H and O–H groups in total. The van der Waals surface area contributed by atoms with E-state index in [1.54, 1.807) is 0 Å². The maximum Gasteiger partial charge on any atom is 0.100 e. The van der Waals surface area contributed by atoms with Gasteiger partial charge >= 0.3 is 0 Å². The number of rotatable bonds is 27. The van der Waals surface area contributed by atoms with Gasteiger partial charge in [0.2, 0.25) is 0 Å². The zero-order valence-corrected chi connectivity index (χ0v) is 30.0. The summed E-state index contributed by atoms with van der Waals surface area (Å²) < 4.78 is 10.3. The van der Waals surface area contributed by atoms with Gasteiger partial charge in [0.05, 0.1) is 39.6 Å². The van der Waals surface area contributed by atoms with Crippen molar-refractivity contribution in [2.24, 2.45) is 17.8 Å². The lowest BCUT2D eigenvalue weighted by molar-refractivity contribution is -0.0315. The third-order valence-electron chi connectivity index (χ3n) is 7.25. The summed E-state index contributed by atoms with van der Waals surface area (Å²) >= 11 is 0. The molecule has 0 fully saturated rings. The summed E-state index contributed by atoms with van der Waals surface area (Å²) in [7, 11) is 0. The molecule has 260 valence electrons. The number of hydrogen-bond donors (Lipinski definition) is 4. The smallest absolute Gasteiger partial charge is 0.100 e. The van der Waals surface area contributed by atoms with E-state index < -0.39 is 12.2 Å². The average Bonchev–Trinajstić information content (AvgIpc) is 3.01. The highest BCUT2D eigenvalue weighted by Gasteiger charge is 2.08. The van der Waals surface area contributed by atoms with Gasteiger partial charge in [0.1, 0.15) is 12.2 Å². The van der Waals surface area contributed by atoms with Crippen LogP contribution < -0.4 is 0 Å². The molecule has 6 nitrogen and oxygen atoms in total. The third kappa shape index (κ3) is 44.2. The van der Waals surface area contributed by atoms with Crippen molar-refractivity contribution in [2.75, 3.05) is 39.6 Å². The van der Waals surface area contributed by atoms with Crippen LogP contribution in [0.25, 0.3) is 0 Å². The fourth-order valence-electron chi connectivity index (χ4n) is 4.14. The molecule has 0 radical (unpaired) electrons. The average molecular weight is 609 g/mol. The predicted molar refractivity (Wildman–Crippen MR) is 183 cm³/mol. The summed E-state index contributed by atoms with van der Waals surface area (Å²) in [5, 5.41) is 35.0. The number of aliphatic hydroxyl groups is 4. The van der Waals surface area contributed by atoms with E-state index in [2.05, 4.69) is 27.7 Å². The topological polar surface area (TPSA) is 99.4 Å². The summed E-state index contributed by atoms with van der Waals surface area (Å²) in [5.41, 5.74) is 0. The van der Waals surface area contributed by atoms with Crippen molar-refractivity contribution in [3.05, 3.63) is 0 Å². The zero-order chi connectivity index (χ0) is 32.9. The summed E-state index contributed by atoms with van der Waals surface area (Å²) in [4.78, 5) is 0. The highest BCUT2D eigenvalue weighted by atomic mass is 16.5. The van der Waals surface area contributed by atoms with Gasteiger partial charge in [-0.05, 0) is 11.8 Å². The fourth-order valence-corrected chi connectivity index (χ4v) is 4.14. The van der Waals surface area contributed by atoms with E-state index in [1.165, 1.54) is 103 Å². The van der Waals surface area contributed by atoms with Crippen molar-refractivity contribution >= 4 is 0 Å². The van der Waals surface area contributed by atoms with Gasteiger partial charge in [0, 0.05) is 5.92 Å². The van der Waals surface area contributed by atoms with E-state index in [0.717, 1.165) is 11.8 Å². The van der Waals surface area contributed by atoms with Crippen LogP contribution in [-0.4, -0.2) is 72.3 Å². The fraction of sp³-hybridized carbons (Fsp3) is 1.00. The van der Waals surface area contributed by atoms with Crippen molar-refractivity contribution in [3.63, 3.8) is 0 Å².